The molecule has 0 unspecified atom stereocenters. The predicted octanol–water partition coefficient (Wildman–Crippen LogP) is 3.07. The lowest BCUT2D eigenvalue weighted by Gasteiger charge is -2.26. The zero-order valence-electron chi connectivity index (χ0n) is 12.7. The van der Waals surface area contributed by atoms with Crippen LogP contribution in [-0.4, -0.2) is 24.2 Å². The molecule has 1 aromatic rings. The zero-order chi connectivity index (χ0) is 15.1. The molecule has 1 aliphatic rings. The molecule has 116 valence electrons. The van der Waals surface area contributed by atoms with Gasteiger partial charge in [0.2, 0.25) is 0 Å². The van der Waals surface area contributed by atoms with Crippen molar-refractivity contribution in [2.45, 2.75) is 39.2 Å². The van der Waals surface area contributed by atoms with E-state index >= 15 is 0 Å². The van der Waals surface area contributed by atoms with Gasteiger partial charge in [0.1, 0.15) is 5.75 Å². The Balaban J connectivity index is 1.66. The number of nitrogens with one attached hydrogen (secondary N) is 1. The van der Waals surface area contributed by atoms with E-state index in [9.17, 15) is 4.79 Å². The number of hydrogen-bond acceptors (Lipinski definition) is 3. The Kier molecular flexibility index (Phi) is 6.05. The molecule has 0 aliphatic heterocycles. The number of benzene rings is 1. The molecule has 1 aromatic carbocycles. The van der Waals surface area contributed by atoms with Crippen molar-refractivity contribution in [1.29, 1.82) is 0 Å². The number of aliphatic carboxylic acids is 1. The van der Waals surface area contributed by atoms with E-state index in [1.54, 1.807) is 0 Å². The van der Waals surface area contributed by atoms with Crippen molar-refractivity contribution in [3.8, 4) is 5.75 Å². The summed E-state index contributed by atoms with van der Waals surface area (Å²) in [4.78, 5) is 10.9. The number of carboxylic acid groups (broad SMARTS) is 1. The SMILES string of the molecule is CCOc1ccc(CNCC2CCC(C(=O)O)CC2)cc1. The molecular weight excluding hydrogens is 266 g/mol. The number of carbonyl (C=O) groups is 1. The first kappa shape index (κ1) is 15.8. The predicted molar refractivity (Wildman–Crippen MR) is 82.4 cm³/mol. The van der Waals surface area contributed by atoms with Crippen molar-refractivity contribution in [2.24, 2.45) is 11.8 Å². The summed E-state index contributed by atoms with van der Waals surface area (Å²) in [7, 11) is 0. The van der Waals surface area contributed by atoms with Gasteiger partial charge in [0.05, 0.1) is 12.5 Å². The quantitative estimate of drug-likeness (QED) is 0.810. The zero-order valence-corrected chi connectivity index (χ0v) is 12.7. The monoisotopic (exact) mass is 291 g/mol. The molecule has 1 fully saturated rings. The van der Waals surface area contributed by atoms with Crippen molar-refractivity contribution >= 4 is 5.97 Å². The standard InChI is InChI=1S/C17H25NO3/c1-2-21-16-9-5-14(6-10-16)12-18-11-13-3-7-15(8-4-13)17(19)20/h5-6,9-10,13,15,18H,2-4,7-8,11-12H2,1H3,(H,19,20). The number of ether oxygens (including phenoxy) is 1. The maximum Gasteiger partial charge on any atom is 0.306 e. The minimum Gasteiger partial charge on any atom is -0.494 e. The average Bonchev–Trinajstić information content (AvgIpc) is 2.50. The van der Waals surface area contributed by atoms with Crippen molar-refractivity contribution in [3.05, 3.63) is 29.8 Å². The fourth-order valence-corrected chi connectivity index (χ4v) is 2.90. The fourth-order valence-electron chi connectivity index (χ4n) is 2.90. The second kappa shape index (κ2) is 8.03. The largest absolute Gasteiger partial charge is 0.494 e. The molecule has 0 amide bonds. The average molecular weight is 291 g/mol. The van der Waals surface area contributed by atoms with Crippen LogP contribution in [0, 0.1) is 11.8 Å². The summed E-state index contributed by atoms with van der Waals surface area (Å²) in [6.45, 7) is 4.50. The van der Waals surface area contributed by atoms with Gasteiger partial charge in [-0.3, -0.25) is 4.79 Å². The highest BCUT2D eigenvalue weighted by Gasteiger charge is 2.25. The topological polar surface area (TPSA) is 58.6 Å². The molecule has 2 rings (SSSR count). The smallest absolute Gasteiger partial charge is 0.306 e. The Bertz CT molecular complexity index is 436. The van der Waals surface area contributed by atoms with Crippen molar-refractivity contribution < 1.29 is 14.6 Å². The van der Waals surface area contributed by atoms with Crippen LogP contribution >= 0.6 is 0 Å². The van der Waals surface area contributed by atoms with E-state index in [0.717, 1.165) is 44.5 Å². The number of hydrogen-bond donors (Lipinski definition) is 2. The van der Waals surface area contributed by atoms with Crippen LogP contribution in [-0.2, 0) is 11.3 Å². The van der Waals surface area contributed by atoms with Crippen LogP contribution in [0.2, 0.25) is 0 Å². The summed E-state index contributed by atoms with van der Waals surface area (Å²) < 4.78 is 5.42. The Morgan fingerprint density at radius 3 is 2.48 bits per heavy atom. The Labute approximate surface area is 126 Å². The van der Waals surface area contributed by atoms with Gasteiger partial charge in [-0.15, -0.1) is 0 Å². The van der Waals surface area contributed by atoms with Gasteiger partial charge in [-0.25, -0.2) is 0 Å². The fraction of sp³-hybridized carbons (Fsp3) is 0.588. The van der Waals surface area contributed by atoms with Gasteiger partial charge in [-0.05, 0) is 62.8 Å². The lowest BCUT2D eigenvalue weighted by molar-refractivity contribution is -0.143. The molecule has 2 N–H and O–H groups in total. The summed E-state index contributed by atoms with van der Waals surface area (Å²) in [5.74, 6) is 0.777. The van der Waals surface area contributed by atoms with Crippen molar-refractivity contribution in [3.63, 3.8) is 0 Å². The molecule has 0 heterocycles. The van der Waals surface area contributed by atoms with Gasteiger partial charge in [-0.1, -0.05) is 12.1 Å². The van der Waals surface area contributed by atoms with Crippen molar-refractivity contribution in [1.82, 2.24) is 5.32 Å². The molecule has 21 heavy (non-hydrogen) atoms. The second-order valence-electron chi connectivity index (χ2n) is 5.76. The number of rotatable bonds is 7. The van der Waals surface area contributed by atoms with Gasteiger partial charge < -0.3 is 15.2 Å². The summed E-state index contributed by atoms with van der Waals surface area (Å²) in [5, 5.41) is 12.5. The summed E-state index contributed by atoms with van der Waals surface area (Å²) >= 11 is 0. The molecule has 1 saturated carbocycles. The third kappa shape index (κ3) is 5.05. The van der Waals surface area contributed by atoms with E-state index in [0.29, 0.717) is 12.5 Å². The first-order chi connectivity index (χ1) is 10.2. The maximum atomic E-state index is 10.9. The molecule has 0 bridgehead atoms. The Hall–Kier alpha value is -1.55. The van der Waals surface area contributed by atoms with E-state index in [1.807, 2.05) is 19.1 Å². The summed E-state index contributed by atoms with van der Waals surface area (Å²) in [5.41, 5.74) is 1.25. The van der Waals surface area contributed by atoms with E-state index in [-0.39, 0.29) is 5.92 Å². The lowest BCUT2D eigenvalue weighted by atomic mass is 9.82. The third-order valence-electron chi connectivity index (χ3n) is 4.19. The van der Waals surface area contributed by atoms with Gasteiger partial charge >= 0.3 is 5.97 Å². The van der Waals surface area contributed by atoms with Gasteiger partial charge in [0, 0.05) is 6.54 Å². The second-order valence-corrected chi connectivity index (χ2v) is 5.76. The van der Waals surface area contributed by atoms with Gasteiger partial charge in [0.25, 0.3) is 0 Å². The Morgan fingerprint density at radius 1 is 1.24 bits per heavy atom. The van der Waals surface area contributed by atoms with Crippen LogP contribution < -0.4 is 10.1 Å². The molecule has 0 aromatic heterocycles. The molecule has 4 nitrogen and oxygen atoms in total. The molecular formula is C17H25NO3. The van der Waals surface area contributed by atoms with E-state index in [1.165, 1.54) is 5.56 Å². The van der Waals surface area contributed by atoms with E-state index in [4.69, 9.17) is 9.84 Å². The minimum absolute atomic E-state index is 0.118. The molecule has 0 spiro atoms. The first-order valence-electron chi connectivity index (χ1n) is 7.84. The van der Waals surface area contributed by atoms with Crippen LogP contribution in [0.25, 0.3) is 0 Å². The van der Waals surface area contributed by atoms with E-state index < -0.39 is 5.97 Å². The molecule has 0 radical (unpaired) electrons. The van der Waals surface area contributed by atoms with Crippen LogP contribution in [0.5, 0.6) is 5.75 Å². The third-order valence-corrected chi connectivity index (χ3v) is 4.19. The molecule has 0 atom stereocenters. The maximum absolute atomic E-state index is 10.9. The summed E-state index contributed by atoms with van der Waals surface area (Å²) in [6.07, 6.45) is 3.69. The normalized spacial score (nSPS) is 22.0. The van der Waals surface area contributed by atoms with Gasteiger partial charge in [-0.2, -0.15) is 0 Å². The van der Waals surface area contributed by atoms with Crippen LogP contribution in [0.1, 0.15) is 38.2 Å². The lowest BCUT2D eigenvalue weighted by Crippen LogP contribution is -2.28. The van der Waals surface area contributed by atoms with Gasteiger partial charge in [0.15, 0.2) is 0 Å². The van der Waals surface area contributed by atoms with E-state index in [2.05, 4.69) is 17.4 Å². The first-order valence-corrected chi connectivity index (χ1v) is 7.84. The van der Waals surface area contributed by atoms with Crippen molar-refractivity contribution in [2.75, 3.05) is 13.2 Å². The highest BCUT2D eigenvalue weighted by molar-refractivity contribution is 5.69. The number of carboxylic acids is 1. The molecule has 4 heteroatoms. The Morgan fingerprint density at radius 2 is 1.90 bits per heavy atom. The van der Waals surface area contributed by atoms with Crippen LogP contribution in [0.3, 0.4) is 0 Å². The molecule has 1 aliphatic carbocycles. The highest BCUT2D eigenvalue weighted by atomic mass is 16.5. The minimum atomic E-state index is -0.629. The van der Waals surface area contributed by atoms with Crippen LogP contribution in [0.4, 0.5) is 0 Å². The molecule has 0 saturated heterocycles. The summed E-state index contributed by atoms with van der Waals surface area (Å²) in [6, 6.07) is 8.16. The highest BCUT2D eigenvalue weighted by Crippen LogP contribution is 2.28. The van der Waals surface area contributed by atoms with Crippen LogP contribution in [0.15, 0.2) is 24.3 Å².